The SMILES string of the molecule is CC1=C2[C@H](OP(P(P)P)P(PP)P(P)P)C[C@]3(C)[C@@H](OP(P(P)P)P(P)P)C[C@H](O)[C@@](O)(CO)[C@H]3[C@@H]3OC(=O)O[C@@]3(C[C@@H]1OP(P(P)P(P)P)P(P(P)P)P(P)P)C2(C)C. The zero-order chi connectivity index (χ0) is 45.8. The van der Waals surface area contributed by atoms with Crippen LogP contribution in [-0.4, -0.2) is 69.8 Å². The normalized spacial score (nSPS) is 35.6. The molecule has 2 saturated carbocycles. The van der Waals surface area contributed by atoms with Gasteiger partial charge in [0.05, 0.1) is 53.6 Å². The van der Waals surface area contributed by atoms with Crippen molar-refractivity contribution in [2.75, 3.05) is 6.61 Å². The molecule has 3 aliphatic carbocycles. The van der Waals surface area contributed by atoms with Crippen molar-refractivity contribution in [2.24, 2.45) is 16.7 Å². The van der Waals surface area contributed by atoms with E-state index in [-0.39, 0.29) is 6.42 Å². The van der Waals surface area contributed by atoms with Crippen LogP contribution < -0.4 is 0 Å². The van der Waals surface area contributed by atoms with Gasteiger partial charge in [0.1, 0.15) is 5.60 Å². The number of carbonyl (C=O) groups excluding carboxylic acids is 1. The van der Waals surface area contributed by atoms with Crippen LogP contribution in [0.25, 0.3) is 0 Å². The molecular formula is C21H62O9P30. The highest BCUT2D eigenvalue weighted by Crippen LogP contribution is 3.18. The molecule has 0 amide bonds. The minimum atomic E-state index is -2.05. The molecule has 1 saturated heterocycles. The molecule has 0 aromatic rings. The first kappa shape index (κ1) is 64.2. The van der Waals surface area contributed by atoms with E-state index >= 15 is 0 Å². The van der Waals surface area contributed by atoms with Gasteiger partial charge in [0, 0.05) is 50.6 Å². The van der Waals surface area contributed by atoms with Gasteiger partial charge in [-0.3, -0.25) is 0 Å². The van der Waals surface area contributed by atoms with Crippen LogP contribution in [-0.2, 0) is 23.0 Å². The van der Waals surface area contributed by atoms with Gasteiger partial charge in [0.25, 0.3) is 0 Å². The number of carbonyl (C=O) groups is 1. The molecule has 21 unspecified atom stereocenters. The van der Waals surface area contributed by atoms with E-state index in [9.17, 15) is 20.1 Å². The second kappa shape index (κ2) is 27.5. The average Bonchev–Trinajstić information content (AvgIpc) is 3.44. The first-order valence-electron chi connectivity index (χ1n) is 17.3. The minimum absolute atomic E-state index is 0.101. The van der Waals surface area contributed by atoms with Crippen molar-refractivity contribution < 1.29 is 43.2 Å². The van der Waals surface area contributed by atoms with E-state index in [1.807, 2.05) is 0 Å². The van der Waals surface area contributed by atoms with Crippen molar-refractivity contribution in [1.82, 2.24) is 0 Å². The number of fused-ring (bicyclic) bond motifs is 3. The number of aliphatic hydroxyl groups excluding tert-OH is 2. The summed E-state index contributed by atoms with van der Waals surface area (Å²) in [6.45, 7) is 2.24. The maximum atomic E-state index is 14.1. The molecule has 0 aromatic carbocycles. The van der Waals surface area contributed by atoms with Crippen LogP contribution in [0.2, 0.25) is 0 Å². The molecule has 3 fully saturated rings. The van der Waals surface area contributed by atoms with Crippen LogP contribution in [0.5, 0.6) is 0 Å². The third-order valence-corrected chi connectivity index (χ3v) is 152. The predicted octanol–water partition coefficient (Wildman–Crippen LogP) is 18.1. The van der Waals surface area contributed by atoms with E-state index in [4.69, 9.17) is 23.0 Å². The van der Waals surface area contributed by atoms with E-state index in [0.717, 1.165) is 11.1 Å². The molecule has 1 aliphatic heterocycles. The second-order valence-corrected chi connectivity index (χ2v) is 122. The van der Waals surface area contributed by atoms with Crippen LogP contribution in [0.1, 0.15) is 47.0 Å². The molecule has 2 bridgehead atoms. The molecule has 60 heavy (non-hydrogen) atoms. The first-order chi connectivity index (χ1) is 27.6. The predicted molar refractivity (Wildman–Crippen MR) is 352 cm³/mol. The van der Waals surface area contributed by atoms with Gasteiger partial charge in [-0.2, -0.15) is 0 Å². The Kier molecular flexibility index (Phi) is 29.4. The molecular weight excluding hydrogens is 1330 g/mol. The monoisotopic (exact) mass is 1390 g/mol. The zero-order valence-corrected chi connectivity index (χ0v) is 64.2. The summed E-state index contributed by atoms with van der Waals surface area (Å²) in [6, 6.07) is 0. The largest absolute Gasteiger partial charge is 0.509 e. The van der Waals surface area contributed by atoms with Gasteiger partial charge in [-0.25, -0.2) is 4.79 Å². The number of ether oxygens (including phenoxy) is 2. The molecule has 39 heteroatoms. The van der Waals surface area contributed by atoms with E-state index < -0.39 is 164 Å². The number of rotatable bonds is 18. The third kappa shape index (κ3) is 14.1. The molecule has 0 aromatic heterocycles. The Hall–Kier alpha value is 11.7. The van der Waals surface area contributed by atoms with Crippen LogP contribution in [0.3, 0.4) is 0 Å². The Balaban J connectivity index is 2.15. The lowest BCUT2D eigenvalue weighted by molar-refractivity contribution is -0.268. The van der Waals surface area contributed by atoms with Crippen molar-refractivity contribution in [3.63, 3.8) is 0 Å². The maximum Gasteiger partial charge on any atom is 0.509 e. The summed E-state index contributed by atoms with van der Waals surface area (Å²) < 4.78 is 36.0. The Labute approximate surface area is 412 Å². The second-order valence-electron chi connectivity index (χ2n) is 15.0. The van der Waals surface area contributed by atoms with Crippen molar-refractivity contribution in [3.8, 4) is 0 Å². The quantitative estimate of drug-likeness (QED) is 0.0699. The fourth-order valence-corrected chi connectivity index (χ4v) is 204. The van der Waals surface area contributed by atoms with Crippen LogP contribution >= 0.6 is 243 Å². The summed E-state index contributed by atoms with van der Waals surface area (Å²) in [7, 11) is 46.5. The molecule has 3 N–H and O–H groups in total. The molecule has 30 atom stereocenters. The smallest absolute Gasteiger partial charge is 0.426 e. The first-order valence-corrected chi connectivity index (χ1v) is 69.5. The fourth-order valence-electron chi connectivity index (χ4n) is 8.77. The lowest BCUT2D eigenvalue weighted by Gasteiger charge is -2.64. The molecule has 4 rings (SSSR count). The molecule has 0 radical (unpaired) electrons. The molecule has 1 spiro atoms. The van der Waals surface area contributed by atoms with Gasteiger partial charge < -0.3 is 38.4 Å². The Morgan fingerprint density at radius 3 is 1.73 bits per heavy atom. The summed E-state index contributed by atoms with van der Waals surface area (Å²) in [5.41, 5.74) is -3.09. The average molecular weight is 1390 g/mol. The lowest BCUT2D eigenvalue weighted by Crippen LogP contribution is -2.74. The van der Waals surface area contributed by atoms with E-state index in [0.29, 0.717) is 20.8 Å². The van der Waals surface area contributed by atoms with Crippen LogP contribution in [0, 0.1) is 16.7 Å². The van der Waals surface area contributed by atoms with Crippen molar-refractivity contribution in [1.29, 1.82) is 0 Å². The van der Waals surface area contributed by atoms with Crippen molar-refractivity contribution in [3.05, 3.63) is 11.1 Å². The number of hydrogen-bond acceptors (Lipinski definition) is 9. The van der Waals surface area contributed by atoms with Gasteiger partial charge >= 0.3 is 6.16 Å². The minimum Gasteiger partial charge on any atom is -0.426 e. The zero-order valence-electron chi connectivity index (χ0n) is 33.1. The highest BCUT2D eigenvalue weighted by Gasteiger charge is 2.76. The summed E-state index contributed by atoms with van der Waals surface area (Å²) in [5.74, 6) is -0.993. The summed E-state index contributed by atoms with van der Waals surface area (Å²) in [5, 5.41) is 36.4. The van der Waals surface area contributed by atoms with Gasteiger partial charge in [0.2, 0.25) is 0 Å². The van der Waals surface area contributed by atoms with Gasteiger partial charge in [-0.15, -0.1) is 134 Å². The Morgan fingerprint density at radius 2 is 1.28 bits per heavy atom. The molecule has 1 heterocycles. The van der Waals surface area contributed by atoms with Crippen molar-refractivity contribution in [2.45, 2.75) is 88.7 Å². The molecule has 350 valence electrons. The number of aliphatic hydroxyl groups is 3. The molecule has 9 nitrogen and oxygen atoms in total. The summed E-state index contributed by atoms with van der Waals surface area (Å²) in [6.07, 6.45) is -3.95. The lowest BCUT2D eigenvalue weighted by atomic mass is 9.46. The van der Waals surface area contributed by atoms with Crippen LogP contribution in [0.4, 0.5) is 4.79 Å². The Morgan fingerprint density at radius 1 is 0.750 bits per heavy atom. The van der Waals surface area contributed by atoms with Gasteiger partial charge in [-0.05, 0) is 73.4 Å². The third-order valence-electron chi connectivity index (χ3n) is 11.3. The maximum absolute atomic E-state index is 14.1. The van der Waals surface area contributed by atoms with Crippen molar-refractivity contribution >= 4 is 249 Å². The summed E-state index contributed by atoms with van der Waals surface area (Å²) >= 11 is 0. The highest BCUT2D eigenvalue weighted by atomic mass is 33.2. The van der Waals surface area contributed by atoms with Crippen LogP contribution in [0.15, 0.2) is 11.1 Å². The van der Waals surface area contributed by atoms with E-state index in [1.54, 1.807) is 0 Å². The Bertz CT molecular complexity index is 1500. The fraction of sp³-hybridized carbons (Fsp3) is 0.857. The topological polar surface area (TPSA) is 124 Å². The molecule has 4 aliphatic rings. The summed E-state index contributed by atoms with van der Waals surface area (Å²) in [4.78, 5) is 14.1. The standard InChI is InChI=1S/C21H62O9P30/c1-9-10(28-50(58(46)54(38)39)60(56(42)43)57(44)45)7-21-16(26-17(24)27-21)15-19(4,13(5-12(23)20(15,25)8-22)30-48(51(32)33)52(34)35)6-11(14(9)18(21,2)3)29-49(53(36)37)59(47-31)55(40)41/h10-13,15-16,22-23,25,47H,5-8,31-46H2,1-4H3/t10-,11+,12-,13-,15-,16-,19+,20-,21+,49?,50?,58?,59?/m0/s1. The van der Waals surface area contributed by atoms with Gasteiger partial charge in [0.15, 0.2) is 11.7 Å². The van der Waals surface area contributed by atoms with E-state index in [1.165, 1.54) is 0 Å². The van der Waals surface area contributed by atoms with Gasteiger partial charge in [-0.1, -0.05) is 37.7 Å². The van der Waals surface area contributed by atoms with E-state index in [2.05, 4.69) is 171 Å². The number of hydrogen-bond donors (Lipinski definition) is 3. The highest BCUT2D eigenvalue weighted by molar-refractivity contribution is 9.19.